The summed E-state index contributed by atoms with van der Waals surface area (Å²) in [5.41, 5.74) is 15.9. The molecule has 13 aromatic rings. The van der Waals surface area contributed by atoms with Crippen LogP contribution in [-0.2, 0) is 0 Å². The minimum Gasteiger partial charge on any atom is -0.261 e. The van der Waals surface area contributed by atoms with E-state index in [4.69, 9.17) is 24.9 Å². The number of aromatic nitrogens is 6. The molecule has 0 saturated carbocycles. The molecule has 9 aromatic carbocycles. The molecule has 0 aliphatic carbocycles. The van der Waals surface area contributed by atoms with Crippen LogP contribution in [-0.4, -0.2) is 29.9 Å². The highest BCUT2D eigenvalue weighted by Gasteiger charge is 2.18. The van der Waals surface area contributed by atoms with Gasteiger partial charge in [0, 0.05) is 56.0 Å². The van der Waals surface area contributed by atoms with Gasteiger partial charge in [-0.25, -0.2) is 24.9 Å². The van der Waals surface area contributed by atoms with Crippen LogP contribution in [0.4, 0.5) is 0 Å². The summed E-state index contributed by atoms with van der Waals surface area (Å²) in [4.78, 5) is 30.4. The average molecular weight is 907 g/mol. The number of benzene rings is 9. The van der Waals surface area contributed by atoms with Crippen LogP contribution in [0, 0.1) is 6.92 Å². The highest BCUT2D eigenvalue weighted by molar-refractivity contribution is 6.14. The van der Waals surface area contributed by atoms with Gasteiger partial charge in [0.1, 0.15) is 0 Å². The molecule has 0 bridgehead atoms. The highest BCUT2D eigenvalue weighted by Crippen LogP contribution is 2.40. The molecule has 0 unspecified atom stereocenters. The van der Waals surface area contributed by atoms with Gasteiger partial charge in [-0.3, -0.25) is 4.98 Å². The van der Waals surface area contributed by atoms with Crippen LogP contribution in [0.5, 0.6) is 0 Å². The number of hydrogen-bond donors (Lipinski definition) is 0. The van der Waals surface area contributed by atoms with E-state index in [2.05, 4.69) is 199 Å². The van der Waals surface area contributed by atoms with Crippen LogP contribution in [0.25, 0.3) is 133 Å². The van der Waals surface area contributed by atoms with Crippen LogP contribution in [0.3, 0.4) is 0 Å². The summed E-state index contributed by atoms with van der Waals surface area (Å²) in [6.45, 7) is 2.01. The Bertz CT molecular complexity index is 4010. The lowest BCUT2D eigenvalue weighted by atomic mass is 9.90. The van der Waals surface area contributed by atoms with E-state index in [1.54, 1.807) is 0 Å². The number of para-hydroxylation sites is 2. The van der Waals surface area contributed by atoms with Gasteiger partial charge in [-0.2, -0.15) is 0 Å². The van der Waals surface area contributed by atoms with Crippen molar-refractivity contribution in [2.24, 2.45) is 0 Å². The molecule has 71 heavy (non-hydrogen) atoms. The number of pyridine rings is 3. The number of fused-ring (bicyclic) bond motifs is 5. The summed E-state index contributed by atoms with van der Waals surface area (Å²) in [6, 6.07) is 80.8. The van der Waals surface area contributed by atoms with Crippen molar-refractivity contribution in [2.45, 2.75) is 6.92 Å². The molecule has 4 aromatic heterocycles. The smallest absolute Gasteiger partial charge is 0.164 e. The van der Waals surface area contributed by atoms with Gasteiger partial charge in [-0.05, 0) is 111 Å². The van der Waals surface area contributed by atoms with Crippen LogP contribution < -0.4 is 0 Å². The standard InChI is InChI=1S/C65H42N6/c1-41-18-19-51(40-66-41)42-20-22-43(23-21-42)52-36-53(58-39-50-12-2-5-13-55(50)56-14-6-7-15-57(56)58)38-54(37-52)65-70-63(48-28-24-46(25-29-48)61-34-32-44-10-3-8-16-59(44)67-61)69-64(71-65)49-30-26-47(27-31-49)62-35-33-45-11-4-9-17-60(45)68-62/h2-40H,1H3. The fraction of sp³-hybridized carbons (Fsp3) is 0.0154. The second-order valence-electron chi connectivity index (χ2n) is 18.0. The summed E-state index contributed by atoms with van der Waals surface area (Å²) >= 11 is 0. The van der Waals surface area contributed by atoms with Gasteiger partial charge in [-0.15, -0.1) is 0 Å². The van der Waals surface area contributed by atoms with Gasteiger partial charge in [-0.1, -0.05) is 176 Å². The number of aryl methyl sites for hydroxylation is 1. The van der Waals surface area contributed by atoms with Gasteiger partial charge >= 0.3 is 0 Å². The average Bonchev–Trinajstić information content (AvgIpc) is 3.45. The van der Waals surface area contributed by atoms with Crippen molar-refractivity contribution in [3.05, 3.63) is 242 Å². The molecule has 332 valence electrons. The van der Waals surface area contributed by atoms with E-state index in [-0.39, 0.29) is 0 Å². The van der Waals surface area contributed by atoms with Crippen molar-refractivity contribution >= 4 is 43.4 Å². The molecule has 0 amide bonds. The minimum absolute atomic E-state index is 0.570. The Kier molecular flexibility index (Phi) is 10.3. The third kappa shape index (κ3) is 8.03. The molecule has 6 heteroatoms. The molecule has 0 fully saturated rings. The normalized spacial score (nSPS) is 11.5. The van der Waals surface area contributed by atoms with Gasteiger partial charge in [0.25, 0.3) is 0 Å². The Balaban J connectivity index is 0.976. The molecular weight excluding hydrogens is 865 g/mol. The zero-order valence-corrected chi connectivity index (χ0v) is 38.7. The van der Waals surface area contributed by atoms with E-state index >= 15 is 0 Å². The molecule has 13 rings (SSSR count). The van der Waals surface area contributed by atoms with Crippen molar-refractivity contribution in [1.82, 2.24) is 29.9 Å². The fourth-order valence-electron chi connectivity index (χ4n) is 9.66. The topological polar surface area (TPSA) is 77.3 Å². The maximum absolute atomic E-state index is 5.32. The van der Waals surface area contributed by atoms with Crippen LogP contribution in [0.1, 0.15) is 5.69 Å². The second kappa shape index (κ2) is 17.5. The summed E-state index contributed by atoms with van der Waals surface area (Å²) in [7, 11) is 0. The van der Waals surface area contributed by atoms with E-state index in [0.29, 0.717) is 17.5 Å². The van der Waals surface area contributed by atoms with Crippen molar-refractivity contribution in [1.29, 1.82) is 0 Å². The summed E-state index contributed by atoms with van der Waals surface area (Å²) < 4.78 is 0. The molecule has 0 atom stereocenters. The second-order valence-corrected chi connectivity index (χ2v) is 18.0. The first kappa shape index (κ1) is 41.7. The van der Waals surface area contributed by atoms with Gasteiger partial charge in [0.05, 0.1) is 22.4 Å². The molecular formula is C65H42N6. The largest absolute Gasteiger partial charge is 0.261 e. The molecule has 0 aliphatic heterocycles. The maximum atomic E-state index is 5.32. The van der Waals surface area contributed by atoms with Crippen molar-refractivity contribution in [3.63, 3.8) is 0 Å². The zero-order valence-electron chi connectivity index (χ0n) is 38.7. The number of nitrogens with zero attached hydrogens (tertiary/aromatic N) is 6. The summed E-state index contributed by atoms with van der Waals surface area (Å²) in [5, 5.41) is 7.00. The van der Waals surface area contributed by atoms with Crippen molar-refractivity contribution in [3.8, 4) is 90.1 Å². The predicted molar refractivity (Wildman–Crippen MR) is 291 cm³/mol. The fourth-order valence-corrected chi connectivity index (χ4v) is 9.66. The van der Waals surface area contributed by atoms with Crippen LogP contribution in [0.2, 0.25) is 0 Å². The maximum Gasteiger partial charge on any atom is 0.164 e. The molecule has 0 spiro atoms. The molecule has 0 aliphatic rings. The lowest BCUT2D eigenvalue weighted by Gasteiger charge is -2.15. The van der Waals surface area contributed by atoms with Gasteiger partial charge in [0.2, 0.25) is 0 Å². The zero-order chi connectivity index (χ0) is 47.3. The lowest BCUT2D eigenvalue weighted by Crippen LogP contribution is -2.01. The molecule has 0 radical (unpaired) electrons. The third-order valence-corrected chi connectivity index (χ3v) is 13.4. The van der Waals surface area contributed by atoms with E-state index in [9.17, 15) is 0 Å². The van der Waals surface area contributed by atoms with Crippen LogP contribution >= 0.6 is 0 Å². The van der Waals surface area contributed by atoms with Crippen molar-refractivity contribution < 1.29 is 0 Å². The highest BCUT2D eigenvalue weighted by atomic mass is 15.0. The van der Waals surface area contributed by atoms with E-state index in [1.165, 1.54) is 21.5 Å². The van der Waals surface area contributed by atoms with Gasteiger partial charge < -0.3 is 0 Å². The van der Waals surface area contributed by atoms with Crippen molar-refractivity contribution in [2.75, 3.05) is 0 Å². The SMILES string of the molecule is Cc1ccc(-c2ccc(-c3cc(-c4nc(-c5ccc(-c6ccc7ccccc7n6)cc5)nc(-c5ccc(-c6ccc7ccccc7n6)cc5)n4)cc(-c4cc5ccccc5c5ccccc45)c3)cc2)cn1. The molecule has 4 heterocycles. The molecule has 6 nitrogen and oxygen atoms in total. The predicted octanol–water partition coefficient (Wildman–Crippen LogP) is 16.3. The monoisotopic (exact) mass is 906 g/mol. The number of hydrogen-bond acceptors (Lipinski definition) is 6. The van der Waals surface area contributed by atoms with E-state index in [0.717, 1.165) is 100 Å². The minimum atomic E-state index is 0.570. The van der Waals surface area contributed by atoms with Gasteiger partial charge in [0.15, 0.2) is 17.5 Å². The number of rotatable bonds is 8. The Morgan fingerprint density at radius 1 is 0.268 bits per heavy atom. The molecule has 0 N–H and O–H groups in total. The van der Waals surface area contributed by atoms with E-state index < -0.39 is 0 Å². The molecule has 0 saturated heterocycles. The Labute approximate surface area is 410 Å². The first-order valence-electron chi connectivity index (χ1n) is 23.8. The Morgan fingerprint density at radius 3 is 1.28 bits per heavy atom. The third-order valence-electron chi connectivity index (χ3n) is 13.4. The Hall–Kier alpha value is -9.52. The van der Waals surface area contributed by atoms with E-state index in [1.807, 2.05) is 49.5 Å². The summed E-state index contributed by atoms with van der Waals surface area (Å²) in [6.07, 6.45) is 1.94. The summed E-state index contributed by atoms with van der Waals surface area (Å²) in [5.74, 6) is 1.71. The quantitative estimate of drug-likeness (QED) is 0.141. The van der Waals surface area contributed by atoms with Crippen LogP contribution in [0.15, 0.2) is 237 Å². The Morgan fingerprint density at radius 2 is 0.704 bits per heavy atom. The first-order valence-corrected chi connectivity index (χ1v) is 23.8. The lowest BCUT2D eigenvalue weighted by molar-refractivity contribution is 1.07. The first-order chi connectivity index (χ1) is 35.0.